The predicted octanol–water partition coefficient (Wildman–Crippen LogP) is 6.25. The molecule has 0 amide bonds. The first-order chi connectivity index (χ1) is 13.3. The van der Waals surface area contributed by atoms with Crippen molar-refractivity contribution in [2.24, 2.45) is 0 Å². The van der Waals surface area contributed by atoms with Crippen molar-refractivity contribution < 1.29 is 4.42 Å². The second kappa shape index (κ2) is 5.53. The van der Waals surface area contributed by atoms with Crippen molar-refractivity contribution in [1.82, 2.24) is 15.0 Å². The van der Waals surface area contributed by atoms with Crippen molar-refractivity contribution in [2.45, 2.75) is 0 Å². The summed E-state index contributed by atoms with van der Waals surface area (Å²) < 4.78 is 7.13. The molecule has 6 aromatic rings. The normalized spacial score (nSPS) is 11.7. The molecule has 0 unspecified atom stereocenters. The number of fused-ring (bicyclic) bond motifs is 3. The molecule has 128 valence electrons. The maximum Gasteiger partial charge on any atom is 0.227 e. The standard InChI is InChI=1S/C22H13N3OS/c1-2-4-16-13(3-1)9-18(24-16)14-6-8-20-19(10-14)25-22(26-20)15-5-7-17-21(11-15)27-12-23-17/h1-12,24H. The molecule has 4 nitrogen and oxygen atoms in total. The Kier molecular flexibility index (Phi) is 3.01. The van der Waals surface area contributed by atoms with Gasteiger partial charge < -0.3 is 9.40 Å². The van der Waals surface area contributed by atoms with E-state index in [2.05, 4.69) is 46.4 Å². The molecule has 0 aliphatic rings. The number of hydrogen-bond acceptors (Lipinski definition) is 4. The lowest BCUT2D eigenvalue weighted by Crippen LogP contribution is -1.78. The fraction of sp³-hybridized carbons (Fsp3) is 0. The van der Waals surface area contributed by atoms with E-state index in [1.165, 1.54) is 5.39 Å². The number of aromatic amines is 1. The van der Waals surface area contributed by atoms with E-state index in [1.54, 1.807) is 11.3 Å². The Morgan fingerprint density at radius 1 is 0.852 bits per heavy atom. The molecular weight excluding hydrogens is 354 g/mol. The lowest BCUT2D eigenvalue weighted by atomic mass is 10.1. The Balaban J connectivity index is 1.46. The number of nitrogens with one attached hydrogen (secondary N) is 1. The Bertz CT molecular complexity index is 1410. The molecule has 0 fully saturated rings. The first kappa shape index (κ1) is 14.7. The minimum atomic E-state index is 0.633. The van der Waals surface area contributed by atoms with E-state index in [0.29, 0.717) is 5.89 Å². The summed E-state index contributed by atoms with van der Waals surface area (Å²) in [4.78, 5) is 12.5. The zero-order valence-corrected chi connectivity index (χ0v) is 15.0. The van der Waals surface area contributed by atoms with Crippen molar-refractivity contribution in [3.8, 4) is 22.7 Å². The molecule has 0 aliphatic carbocycles. The molecule has 6 rings (SSSR count). The predicted molar refractivity (Wildman–Crippen MR) is 110 cm³/mol. The molecule has 1 N–H and O–H groups in total. The van der Waals surface area contributed by atoms with Gasteiger partial charge in [0.2, 0.25) is 5.89 Å². The quantitative estimate of drug-likeness (QED) is 0.393. The van der Waals surface area contributed by atoms with Crippen LogP contribution in [0.3, 0.4) is 0 Å². The maximum absolute atomic E-state index is 5.99. The number of thiazole rings is 1. The largest absolute Gasteiger partial charge is 0.436 e. The SMILES string of the molecule is c1ccc2[nH]c(-c3ccc4oc(-c5ccc6ncsc6c5)nc4c3)cc2c1. The van der Waals surface area contributed by atoms with Crippen LogP contribution in [0.25, 0.3) is 54.9 Å². The molecule has 0 bridgehead atoms. The summed E-state index contributed by atoms with van der Waals surface area (Å²) in [5.41, 5.74) is 8.76. The van der Waals surface area contributed by atoms with Gasteiger partial charge in [-0.1, -0.05) is 18.2 Å². The number of H-pyrrole nitrogens is 1. The van der Waals surface area contributed by atoms with E-state index in [0.717, 1.165) is 43.7 Å². The van der Waals surface area contributed by atoms with Gasteiger partial charge in [-0.25, -0.2) is 9.97 Å². The molecule has 3 heterocycles. The van der Waals surface area contributed by atoms with E-state index in [4.69, 9.17) is 9.40 Å². The van der Waals surface area contributed by atoms with Crippen LogP contribution in [0.2, 0.25) is 0 Å². The Morgan fingerprint density at radius 2 is 1.78 bits per heavy atom. The third-order valence-electron chi connectivity index (χ3n) is 4.81. The fourth-order valence-electron chi connectivity index (χ4n) is 3.44. The van der Waals surface area contributed by atoms with E-state index in [9.17, 15) is 0 Å². The maximum atomic E-state index is 5.99. The van der Waals surface area contributed by atoms with Gasteiger partial charge in [0, 0.05) is 27.7 Å². The Labute approximate surface area is 158 Å². The molecule has 3 aromatic carbocycles. The van der Waals surface area contributed by atoms with E-state index >= 15 is 0 Å². The average molecular weight is 367 g/mol. The molecule has 0 atom stereocenters. The third kappa shape index (κ3) is 2.36. The monoisotopic (exact) mass is 367 g/mol. The van der Waals surface area contributed by atoms with Gasteiger partial charge in [-0.3, -0.25) is 0 Å². The van der Waals surface area contributed by atoms with Gasteiger partial charge in [0.1, 0.15) is 5.52 Å². The number of nitrogens with zero attached hydrogens (tertiary/aromatic N) is 2. The summed E-state index contributed by atoms with van der Waals surface area (Å²) in [6, 6.07) is 22.6. The van der Waals surface area contributed by atoms with Crippen LogP contribution < -0.4 is 0 Å². The van der Waals surface area contributed by atoms with Crippen LogP contribution in [-0.4, -0.2) is 15.0 Å². The van der Waals surface area contributed by atoms with E-state index < -0.39 is 0 Å². The topological polar surface area (TPSA) is 54.7 Å². The smallest absolute Gasteiger partial charge is 0.227 e. The highest BCUT2D eigenvalue weighted by Crippen LogP contribution is 2.31. The highest BCUT2D eigenvalue weighted by atomic mass is 32.1. The summed E-state index contributed by atoms with van der Waals surface area (Å²) in [6.07, 6.45) is 0. The number of benzene rings is 3. The lowest BCUT2D eigenvalue weighted by molar-refractivity contribution is 0.620. The Hall–Kier alpha value is -3.44. The van der Waals surface area contributed by atoms with Crippen molar-refractivity contribution in [2.75, 3.05) is 0 Å². The molecular formula is C22H13N3OS. The fourth-order valence-corrected chi connectivity index (χ4v) is 4.15. The van der Waals surface area contributed by atoms with Gasteiger partial charge in [0.25, 0.3) is 0 Å². The second-order valence-electron chi connectivity index (χ2n) is 6.51. The average Bonchev–Trinajstić information content (AvgIpc) is 3.42. The molecule has 0 saturated carbocycles. The van der Waals surface area contributed by atoms with E-state index in [1.807, 2.05) is 35.8 Å². The molecule has 0 radical (unpaired) electrons. The highest BCUT2D eigenvalue weighted by Gasteiger charge is 2.11. The second-order valence-corrected chi connectivity index (χ2v) is 7.39. The molecule has 3 aromatic heterocycles. The van der Waals surface area contributed by atoms with Gasteiger partial charge >= 0.3 is 0 Å². The van der Waals surface area contributed by atoms with Crippen LogP contribution in [0.5, 0.6) is 0 Å². The minimum absolute atomic E-state index is 0.633. The first-order valence-electron chi connectivity index (χ1n) is 8.66. The van der Waals surface area contributed by atoms with Crippen molar-refractivity contribution in [1.29, 1.82) is 0 Å². The zero-order chi connectivity index (χ0) is 17.8. The zero-order valence-electron chi connectivity index (χ0n) is 14.1. The summed E-state index contributed by atoms with van der Waals surface area (Å²) in [6.45, 7) is 0. The molecule has 27 heavy (non-hydrogen) atoms. The molecule has 5 heteroatoms. The lowest BCUT2D eigenvalue weighted by Gasteiger charge is -1.96. The van der Waals surface area contributed by atoms with Crippen molar-refractivity contribution in [3.05, 3.63) is 72.2 Å². The summed E-state index contributed by atoms with van der Waals surface area (Å²) >= 11 is 1.62. The number of hydrogen-bond donors (Lipinski definition) is 1. The number of rotatable bonds is 2. The van der Waals surface area contributed by atoms with Crippen LogP contribution in [0.1, 0.15) is 0 Å². The number of para-hydroxylation sites is 1. The Morgan fingerprint density at radius 3 is 2.74 bits per heavy atom. The van der Waals surface area contributed by atoms with E-state index in [-0.39, 0.29) is 0 Å². The van der Waals surface area contributed by atoms with Gasteiger partial charge in [-0.05, 0) is 48.5 Å². The van der Waals surface area contributed by atoms with Gasteiger partial charge in [0.15, 0.2) is 5.58 Å². The molecule has 0 saturated heterocycles. The van der Waals surface area contributed by atoms with Gasteiger partial charge in [0.05, 0.1) is 15.7 Å². The van der Waals surface area contributed by atoms with Crippen molar-refractivity contribution in [3.63, 3.8) is 0 Å². The van der Waals surface area contributed by atoms with Crippen LogP contribution in [-0.2, 0) is 0 Å². The van der Waals surface area contributed by atoms with Crippen LogP contribution in [0, 0.1) is 0 Å². The van der Waals surface area contributed by atoms with Crippen LogP contribution in [0.4, 0.5) is 0 Å². The summed E-state index contributed by atoms with van der Waals surface area (Å²) in [7, 11) is 0. The highest BCUT2D eigenvalue weighted by molar-refractivity contribution is 7.16. The number of oxazole rings is 1. The van der Waals surface area contributed by atoms with Crippen LogP contribution >= 0.6 is 11.3 Å². The van der Waals surface area contributed by atoms with Gasteiger partial charge in [-0.15, -0.1) is 11.3 Å². The third-order valence-corrected chi connectivity index (χ3v) is 5.60. The van der Waals surface area contributed by atoms with Crippen molar-refractivity contribution >= 4 is 43.6 Å². The minimum Gasteiger partial charge on any atom is -0.436 e. The number of aromatic nitrogens is 3. The first-order valence-corrected chi connectivity index (χ1v) is 9.54. The molecule has 0 spiro atoms. The summed E-state index contributed by atoms with van der Waals surface area (Å²) in [5, 5.41) is 1.20. The summed E-state index contributed by atoms with van der Waals surface area (Å²) in [5.74, 6) is 0.633. The van der Waals surface area contributed by atoms with Gasteiger partial charge in [-0.2, -0.15) is 0 Å². The van der Waals surface area contributed by atoms with Crippen LogP contribution in [0.15, 0.2) is 76.7 Å². The molecule has 0 aliphatic heterocycles.